The van der Waals surface area contributed by atoms with Gasteiger partial charge in [0.25, 0.3) is 0 Å². The molecule has 0 aliphatic rings. The van der Waals surface area contributed by atoms with Crippen molar-refractivity contribution in [2.75, 3.05) is 0 Å². The largest absolute Gasteiger partial charge is 0.393 e. The van der Waals surface area contributed by atoms with Gasteiger partial charge in [-0.05, 0) is 32.7 Å². The Balaban J connectivity index is 1.47. The maximum absolute atomic E-state index is 12.3. The molecule has 27 heavy (non-hydrogen) atoms. The van der Waals surface area contributed by atoms with Gasteiger partial charge in [-0.15, -0.1) is 0 Å². The highest BCUT2D eigenvalue weighted by molar-refractivity contribution is 5.94. The van der Waals surface area contributed by atoms with Gasteiger partial charge in [-0.1, -0.05) is 84.9 Å². The number of hydrogen-bond donors (Lipinski definition) is 0. The van der Waals surface area contributed by atoms with Crippen LogP contribution in [0.15, 0.2) is 84.9 Å². The summed E-state index contributed by atoms with van der Waals surface area (Å²) in [6.45, 7) is 0. The molecule has 3 nitrogen and oxygen atoms in total. The molecule has 0 radical (unpaired) electrons. The number of benzene rings is 4. The molecule has 0 saturated carbocycles. The van der Waals surface area contributed by atoms with Crippen molar-refractivity contribution in [1.82, 2.24) is 0 Å². The van der Waals surface area contributed by atoms with Gasteiger partial charge in [-0.3, -0.25) is 9.59 Å². The number of esters is 2. The smallest absolute Gasteiger partial charge is 0.317 e. The van der Waals surface area contributed by atoms with E-state index in [-0.39, 0.29) is 12.8 Å². The molecule has 0 aromatic heterocycles. The van der Waals surface area contributed by atoms with Gasteiger partial charge in [-0.25, -0.2) is 0 Å². The zero-order valence-electron chi connectivity index (χ0n) is 14.7. The third-order valence-corrected chi connectivity index (χ3v) is 4.66. The molecule has 0 fully saturated rings. The molecule has 0 aliphatic carbocycles. The van der Waals surface area contributed by atoms with E-state index in [2.05, 4.69) is 0 Å². The number of rotatable bonds is 4. The number of hydrogen-bond acceptors (Lipinski definition) is 3. The fourth-order valence-corrected chi connectivity index (χ4v) is 3.40. The minimum absolute atomic E-state index is 0.0721. The van der Waals surface area contributed by atoms with Crippen LogP contribution in [0.3, 0.4) is 0 Å². The van der Waals surface area contributed by atoms with E-state index in [1.54, 1.807) is 0 Å². The fraction of sp³-hybridized carbons (Fsp3) is 0.0833. The number of carbonyl (C=O) groups excluding carboxylic acids is 2. The maximum Gasteiger partial charge on any atom is 0.317 e. The van der Waals surface area contributed by atoms with Crippen molar-refractivity contribution in [3.63, 3.8) is 0 Å². The van der Waals surface area contributed by atoms with Crippen LogP contribution >= 0.6 is 0 Å². The van der Waals surface area contributed by atoms with Crippen LogP contribution in [-0.2, 0) is 27.2 Å². The van der Waals surface area contributed by atoms with Crippen LogP contribution in [0.4, 0.5) is 0 Å². The summed E-state index contributed by atoms with van der Waals surface area (Å²) < 4.78 is 5.08. The first-order valence-electron chi connectivity index (χ1n) is 8.87. The van der Waals surface area contributed by atoms with E-state index in [0.29, 0.717) is 0 Å². The Morgan fingerprint density at radius 2 is 0.963 bits per heavy atom. The van der Waals surface area contributed by atoms with Gasteiger partial charge >= 0.3 is 11.9 Å². The van der Waals surface area contributed by atoms with E-state index < -0.39 is 11.9 Å². The van der Waals surface area contributed by atoms with Crippen molar-refractivity contribution in [2.45, 2.75) is 12.8 Å². The normalized spacial score (nSPS) is 10.8. The van der Waals surface area contributed by atoms with Gasteiger partial charge in [0, 0.05) is 0 Å². The zero-order valence-corrected chi connectivity index (χ0v) is 14.7. The van der Waals surface area contributed by atoms with Crippen LogP contribution in [-0.4, -0.2) is 11.9 Å². The fourth-order valence-electron chi connectivity index (χ4n) is 3.40. The van der Waals surface area contributed by atoms with Crippen LogP contribution in [0.5, 0.6) is 0 Å². The monoisotopic (exact) mass is 354 g/mol. The molecule has 0 heterocycles. The topological polar surface area (TPSA) is 43.4 Å². The summed E-state index contributed by atoms with van der Waals surface area (Å²) in [5.41, 5.74) is 1.71. The molecule has 0 aliphatic heterocycles. The van der Waals surface area contributed by atoms with Crippen LogP contribution in [0, 0.1) is 0 Å². The number of fused-ring (bicyclic) bond motifs is 2. The molecule has 0 spiro atoms. The summed E-state index contributed by atoms with van der Waals surface area (Å²) in [6.07, 6.45) is 0.144. The summed E-state index contributed by atoms with van der Waals surface area (Å²) in [5.74, 6) is -1.06. The lowest BCUT2D eigenvalue weighted by Gasteiger charge is -2.08. The van der Waals surface area contributed by atoms with Crippen molar-refractivity contribution >= 4 is 33.5 Å². The molecule has 4 aromatic rings. The van der Waals surface area contributed by atoms with Gasteiger partial charge in [0.2, 0.25) is 0 Å². The Kier molecular flexibility index (Phi) is 4.67. The molecule has 0 unspecified atom stereocenters. The first kappa shape index (κ1) is 17.0. The van der Waals surface area contributed by atoms with Gasteiger partial charge in [-0.2, -0.15) is 0 Å². The Labute approximate surface area is 157 Å². The van der Waals surface area contributed by atoms with E-state index in [4.69, 9.17) is 4.74 Å². The van der Waals surface area contributed by atoms with Crippen LogP contribution in [0.1, 0.15) is 11.1 Å². The second kappa shape index (κ2) is 7.42. The first-order chi connectivity index (χ1) is 13.2. The molecule has 3 heteroatoms. The Morgan fingerprint density at radius 3 is 1.44 bits per heavy atom. The molecule has 0 saturated heterocycles. The zero-order chi connectivity index (χ0) is 18.6. The second-order valence-corrected chi connectivity index (χ2v) is 6.48. The van der Waals surface area contributed by atoms with Crippen LogP contribution in [0.25, 0.3) is 21.5 Å². The van der Waals surface area contributed by atoms with Crippen molar-refractivity contribution in [3.05, 3.63) is 96.1 Å². The Bertz CT molecular complexity index is 1040. The predicted molar refractivity (Wildman–Crippen MR) is 106 cm³/mol. The summed E-state index contributed by atoms with van der Waals surface area (Å²) in [4.78, 5) is 24.6. The quantitative estimate of drug-likeness (QED) is 0.389. The lowest BCUT2D eigenvalue weighted by molar-refractivity contribution is -0.158. The highest BCUT2D eigenvalue weighted by Gasteiger charge is 2.14. The third kappa shape index (κ3) is 3.72. The lowest BCUT2D eigenvalue weighted by Crippen LogP contribution is -2.16. The van der Waals surface area contributed by atoms with Gasteiger partial charge in [0.05, 0.1) is 12.8 Å². The summed E-state index contributed by atoms with van der Waals surface area (Å²) >= 11 is 0. The summed E-state index contributed by atoms with van der Waals surface area (Å²) in [5, 5.41) is 4.12. The Morgan fingerprint density at radius 1 is 0.556 bits per heavy atom. The molecule has 0 amide bonds. The third-order valence-electron chi connectivity index (χ3n) is 4.66. The first-order valence-corrected chi connectivity index (χ1v) is 8.87. The van der Waals surface area contributed by atoms with E-state index in [1.807, 2.05) is 84.9 Å². The van der Waals surface area contributed by atoms with Crippen molar-refractivity contribution in [3.8, 4) is 0 Å². The lowest BCUT2D eigenvalue weighted by atomic mass is 10.0. The van der Waals surface area contributed by atoms with E-state index in [0.717, 1.165) is 32.7 Å². The van der Waals surface area contributed by atoms with Crippen LogP contribution in [0.2, 0.25) is 0 Å². The predicted octanol–water partition coefficient (Wildman–Crippen LogP) is 4.85. The summed E-state index contributed by atoms with van der Waals surface area (Å²) in [6, 6.07) is 27.3. The average Bonchev–Trinajstić information content (AvgIpc) is 2.68. The minimum Gasteiger partial charge on any atom is -0.393 e. The molecule has 4 rings (SSSR count). The molecule has 4 aromatic carbocycles. The molecular formula is C24H18O3. The van der Waals surface area contributed by atoms with Crippen LogP contribution < -0.4 is 0 Å². The Hall–Kier alpha value is -3.46. The molecule has 0 bridgehead atoms. The molecule has 132 valence electrons. The van der Waals surface area contributed by atoms with Crippen molar-refractivity contribution in [2.24, 2.45) is 0 Å². The van der Waals surface area contributed by atoms with Crippen molar-refractivity contribution < 1.29 is 14.3 Å². The average molecular weight is 354 g/mol. The maximum atomic E-state index is 12.3. The van der Waals surface area contributed by atoms with Gasteiger partial charge < -0.3 is 4.74 Å². The van der Waals surface area contributed by atoms with Crippen molar-refractivity contribution in [1.29, 1.82) is 0 Å². The SMILES string of the molecule is O=C(Cc1cccc2ccccc12)OC(=O)Cc1cccc2ccccc12. The number of ether oxygens (including phenoxy) is 1. The van der Waals surface area contributed by atoms with Gasteiger partial charge in [0.1, 0.15) is 0 Å². The highest BCUT2D eigenvalue weighted by Crippen LogP contribution is 2.21. The molecular weight excluding hydrogens is 336 g/mol. The standard InChI is InChI=1S/C24H18O3/c25-23(15-19-11-5-9-17-7-1-3-13-21(17)19)27-24(26)16-20-12-6-10-18-8-2-4-14-22(18)20/h1-14H,15-16H2. The molecule has 0 N–H and O–H groups in total. The minimum atomic E-state index is -0.531. The van der Waals surface area contributed by atoms with Gasteiger partial charge in [0.15, 0.2) is 0 Å². The van der Waals surface area contributed by atoms with E-state index in [9.17, 15) is 9.59 Å². The summed E-state index contributed by atoms with van der Waals surface area (Å²) in [7, 11) is 0. The number of carbonyl (C=O) groups is 2. The van der Waals surface area contributed by atoms with E-state index >= 15 is 0 Å². The highest BCUT2D eigenvalue weighted by atomic mass is 16.6. The second-order valence-electron chi connectivity index (χ2n) is 6.48. The van der Waals surface area contributed by atoms with E-state index in [1.165, 1.54) is 0 Å². The molecule has 0 atom stereocenters.